The normalized spacial score (nSPS) is 33.1. The van der Waals surface area contributed by atoms with Gasteiger partial charge in [0.1, 0.15) is 0 Å². The molecule has 118 valence electrons. The third-order valence-corrected chi connectivity index (χ3v) is 5.68. The molecule has 1 N–H and O–H groups in total. The molecule has 4 rings (SSSR count). The molecular formula is C16H18Cl2N2O2. The number of hydrogen-bond donors (Lipinski definition) is 1. The largest absolute Gasteiger partial charge is 0.362 e. The van der Waals surface area contributed by atoms with Gasteiger partial charge in [0.25, 0.3) is 5.91 Å². The van der Waals surface area contributed by atoms with Crippen molar-refractivity contribution in [1.82, 2.24) is 10.2 Å². The van der Waals surface area contributed by atoms with E-state index in [1.54, 1.807) is 6.07 Å². The maximum Gasteiger partial charge on any atom is 0.256 e. The third-order valence-electron chi connectivity index (χ3n) is 5.15. The second-order valence-electron chi connectivity index (χ2n) is 6.47. The Morgan fingerprint density at radius 2 is 2.27 bits per heavy atom. The fourth-order valence-electron chi connectivity index (χ4n) is 4.01. The van der Waals surface area contributed by atoms with Crippen LogP contribution < -0.4 is 5.32 Å². The number of rotatable bonds is 1. The molecule has 1 aromatic rings. The summed E-state index contributed by atoms with van der Waals surface area (Å²) in [5.41, 5.74) is 1.49. The Morgan fingerprint density at radius 3 is 2.91 bits per heavy atom. The highest BCUT2D eigenvalue weighted by molar-refractivity contribution is 6.35. The third kappa shape index (κ3) is 2.08. The minimum Gasteiger partial charge on any atom is -0.362 e. The Balaban J connectivity index is 1.66. The molecule has 3 unspecified atom stereocenters. The van der Waals surface area contributed by atoms with E-state index in [0.717, 1.165) is 24.0 Å². The number of benzene rings is 1. The lowest BCUT2D eigenvalue weighted by Crippen LogP contribution is -2.54. The molecule has 0 saturated carbocycles. The van der Waals surface area contributed by atoms with Gasteiger partial charge in [-0.1, -0.05) is 23.2 Å². The minimum absolute atomic E-state index is 0.0568. The van der Waals surface area contributed by atoms with Gasteiger partial charge in [-0.25, -0.2) is 0 Å². The number of halogens is 2. The summed E-state index contributed by atoms with van der Waals surface area (Å²) in [5.74, 6) is 0.0872. The van der Waals surface area contributed by atoms with Crippen LogP contribution >= 0.6 is 23.2 Å². The number of carbonyl (C=O) groups excluding carboxylic acids is 1. The lowest BCUT2D eigenvalue weighted by atomic mass is 9.91. The van der Waals surface area contributed by atoms with E-state index in [0.29, 0.717) is 35.8 Å². The molecule has 6 heteroatoms. The lowest BCUT2D eigenvalue weighted by molar-refractivity contribution is -0.155. The fraction of sp³-hybridized carbons (Fsp3) is 0.562. The van der Waals surface area contributed by atoms with Crippen molar-refractivity contribution in [3.05, 3.63) is 33.3 Å². The standard InChI is InChI=1S/C16H18Cl2N2O2/c1-9-14-10(4-11(17)5-13(14)18)2-3-20(9)15(21)16-6-12(7-22-16)19-8-16/h4-5,9,12,19H,2-3,6-8H2,1H3. The first-order valence-electron chi connectivity index (χ1n) is 7.66. The minimum atomic E-state index is -0.671. The monoisotopic (exact) mass is 340 g/mol. The zero-order valence-electron chi connectivity index (χ0n) is 12.4. The molecule has 3 atom stereocenters. The van der Waals surface area contributed by atoms with Gasteiger partial charge in [0.15, 0.2) is 5.60 Å². The Morgan fingerprint density at radius 1 is 1.45 bits per heavy atom. The molecule has 0 aliphatic carbocycles. The van der Waals surface area contributed by atoms with Crippen molar-refractivity contribution in [3.63, 3.8) is 0 Å². The Labute approximate surface area is 139 Å². The summed E-state index contributed by atoms with van der Waals surface area (Å²) in [7, 11) is 0. The second-order valence-corrected chi connectivity index (χ2v) is 7.32. The number of fused-ring (bicyclic) bond motifs is 3. The molecular weight excluding hydrogens is 323 g/mol. The van der Waals surface area contributed by atoms with Crippen LogP contribution in [0.15, 0.2) is 12.1 Å². The Kier molecular flexibility index (Phi) is 3.42. The number of carbonyl (C=O) groups is 1. The van der Waals surface area contributed by atoms with Gasteiger partial charge in [0.2, 0.25) is 0 Å². The average molecular weight is 341 g/mol. The molecule has 22 heavy (non-hydrogen) atoms. The number of morpholine rings is 1. The van der Waals surface area contributed by atoms with Crippen LogP contribution in [-0.2, 0) is 16.0 Å². The number of amides is 1. The molecule has 0 aromatic heterocycles. The van der Waals surface area contributed by atoms with Crippen molar-refractivity contribution in [1.29, 1.82) is 0 Å². The fourth-order valence-corrected chi connectivity index (χ4v) is 4.70. The van der Waals surface area contributed by atoms with Crippen molar-refractivity contribution in [2.24, 2.45) is 0 Å². The van der Waals surface area contributed by atoms with Crippen molar-refractivity contribution >= 4 is 29.1 Å². The molecule has 2 fully saturated rings. The summed E-state index contributed by atoms with van der Waals surface area (Å²) in [6.45, 7) is 3.95. The molecule has 3 heterocycles. The first-order chi connectivity index (χ1) is 10.5. The molecule has 2 bridgehead atoms. The number of nitrogens with zero attached hydrogens (tertiary/aromatic N) is 1. The van der Waals surface area contributed by atoms with Gasteiger partial charge in [0.05, 0.1) is 12.6 Å². The summed E-state index contributed by atoms with van der Waals surface area (Å²) in [5, 5.41) is 4.64. The highest BCUT2D eigenvalue weighted by atomic mass is 35.5. The number of nitrogens with one attached hydrogen (secondary N) is 1. The van der Waals surface area contributed by atoms with Crippen LogP contribution in [0, 0.1) is 0 Å². The number of ether oxygens (including phenoxy) is 1. The van der Waals surface area contributed by atoms with E-state index in [9.17, 15) is 4.79 Å². The molecule has 0 spiro atoms. The molecule has 3 aliphatic rings. The van der Waals surface area contributed by atoms with Crippen LogP contribution in [0.1, 0.15) is 30.5 Å². The van der Waals surface area contributed by atoms with E-state index >= 15 is 0 Å². The van der Waals surface area contributed by atoms with Crippen LogP contribution in [0.2, 0.25) is 10.0 Å². The molecule has 1 aromatic carbocycles. The number of hydrogen-bond acceptors (Lipinski definition) is 3. The van der Waals surface area contributed by atoms with Crippen molar-refractivity contribution < 1.29 is 9.53 Å². The van der Waals surface area contributed by atoms with E-state index < -0.39 is 5.60 Å². The van der Waals surface area contributed by atoms with Crippen LogP contribution in [0.25, 0.3) is 0 Å². The van der Waals surface area contributed by atoms with Crippen molar-refractivity contribution in [2.45, 2.75) is 37.5 Å². The average Bonchev–Trinajstić information content (AvgIpc) is 3.08. The van der Waals surface area contributed by atoms with E-state index in [1.165, 1.54) is 0 Å². The first-order valence-corrected chi connectivity index (χ1v) is 8.42. The predicted molar refractivity (Wildman–Crippen MR) is 85.4 cm³/mol. The van der Waals surface area contributed by atoms with Crippen molar-refractivity contribution in [3.8, 4) is 0 Å². The van der Waals surface area contributed by atoms with Gasteiger partial charge >= 0.3 is 0 Å². The smallest absolute Gasteiger partial charge is 0.256 e. The summed E-state index contributed by atoms with van der Waals surface area (Å²) < 4.78 is 5.83. The summed E-state index contributed by atoms with van der Waals surface area (Å²) in [6.07, 6.45) is 1.55. The van der Waals surface area contributed by atoms with Gasteiger partial charge in [0, 0.05) is 35.6 Å². The molecule has 0 radical (unpaired) electrons. The molecule has 2 saturated heterocycles. The summed E-state index contributed by atoms with van der Waals surface area (Å²) >= 11 is 12.5. The highest BCUT2D eigenvalue weighted by Gasteiger charge is 2.54. The molecule has 1 amide bonds. The zero-order valence-corrected chi connectivity index (χ0v) is 13.9. The van der Waals surface area contributed by atoms with Crippen LogP contribution in [0.4, 0.5) is 0 Å². The maximum absolute atomic E-state index is 13.1. The quantitative estimate of drug-likeness (QED) is 0.854. The van der Waals surface area contributed by atoms with Crippen molar-refractivity contribution in [2.75, 3.05) is 19.7 Å². The maximum atomic E-state index is 13.1. The Bertz CT molecular complexity index is 641. The summed E-state index contributed by atoms with van der Waals surface area (Å²) in [6, 6.07) is 3.97. The van der Waals surface area contributed by atoms with Crippen LogP contribution in [0.5, 0.6) is 0 Å². The van der Waals surface area contributed by atoms with Gasteiger partial charge in [-0.3, -0.25) is 4.79 Å². The van der Waals surface area contributed by atoms with Crippen LogP contribution in [-0.4, -0.2) is 42.1 Å². The summed E-state index contributed by atoms with van der Waals surface area (Å²) in [4.78, 5) is 15.0. The highest BCUT2D eigenvalue weighted by Crippen LogP contribution is 2.40. The van der Waals surface area contributed by atoms with Gasteiger partial charge in [-0.15, -0.1) is 0 Å². The molecule has 4 nitrogen and oxygen atoms in total. The van der Waals surface area contributed by atoms with E-state index in [2.05, 4.69) is 5.32 Å². The first kappa shape index (κ1) is 14.8. The van der Waals surface area contributed by atoms with E-state index in [4.69, 9.17) is 27.9 Å². The predicted octanol–water partition coefficient (Wildman–Crippen LogP) is 2.57. The SMILES string of the molecule is CC1c2c(Cl)cc(Cl)cc2CCN1C(=O)C12CNC(CO1)C2. The van der Waals surface area contributed by atoms with Crippen LogP contribution in [0.3, 0.4) is 0 Å². The second kappa shape index (κ2) is 5.10. The van der Waals surface area contributed by atoms with Gasteiger partial charge in [-0.2, -0.15) is 0 Å². The Hall–Kier alpha value is -0.810. The van der Waals surface area contributed by atoms with Gasteiger partial charge in [-0.05, 0) is 36.6 Å². The molecule has 3 aliphatic heterocycles. The topological polar surface area (TPSA) is 41.6 Å². The van der Waals surface area contributed by atoms with E-state index in [1.807, 2.05) is 17.9 Å². The van der Waals surface area contributed by atoms with Gasteiger partial charge < -0.3 is 15.0 Å². The lowest BCUT2D eigenvalue weighted by Gasteiger charge is -2.40. The van der Waals surface area contributed by atoms with E-state index in [-0.39, 0.29) is 11.9 Å². The zero-order chi connectivity index (χ0) is 15.5.